The molecule has 1 fully saturated rings. The van der Waals surface area contributed by atoms with Crippen LogP contribution in [0.15, 0.2) is 24.3 Å². The summed E-state index contributed by atoms with van der Waals surface area (Å²) in [7, 11) is 0. The standard InChI is InChI=1S/C14H18F3NO2/c15-14(16,17)20-12-4-2-1-3-11(12)13(9-18)7-5-10(19)6-8-13/h1-4,10,19H,5-9,18H2. The van der Waals surface area contributed by atoms with Crippen LogP contribution in [0.2, 0.25) is 0 Å². The van der Waals surface area contributed by atoms with Crippen molar-refractivity contribution in [1.82, 2.24) is 0 Å². The van der Waals surface area contributed by atoms with Gasteiger partial charge in [0.2, 0.25) is 0 Å². The zero-order valence-electron chi connectivity index (χ0n) is 11.0. The van der Waals surface area contributed by atoms with E-state index >= 15 is 0 Å². The fourth-order valence-corrected chi connectivity index (χ4v) is 2.86. The van der Waals surface area contributed by atoms with Gasteiger partial charge in [-0.1, -0.05) is 18.2 Å². The zero-order chi connectivity index (χ0) is 14.8. The van der Waals surface area contributed by atoms with Gasteiger partial charge in [-0.15, -0.1) is 13.2 Å². The van der Waals surface area contributed by atoms with E-state index in [1.54, 1.807) is 12.1 Å². The van der Waals surface area contributed by atoms with E-state index in [9.17, 15) is 18.3 Å². The lowest BCUT2D eigenvalue weighted by molar-refractivity contribution is -0.275. The van der Waals surface area contributed by atoms with E-state index in [0.717, 1.165) is 0 Å². The van der Waals surface area contributed by atoms with E-state index < -0.39 is 17.9 Å². The number of nitrogens with two attached hydrogens (primary N) is 1. The summed E-state index contributed by atoms with van der Waals surface area (Å²) >= 11 is 0. The largest absolute Gasteiger partial charge is 0.573 e. The Morgan fingerprint density at radius 3 is 2.40 bits per heavy atom. The Labute approximate surface area is 115 Å². The van der Waals surface area contributed by atoms with E-state index in [4.69, 9.17) is 5.73 Å². The van der Waals surface area contributed by atoms with Crippen LogP contribution in [-0.4, -0.2) is 24.1 Å². The number of benzene rings is 1. The first-order valence-corrected chi connectivity index (χ1v) is 6.60. The van der Waals surface area contributed by atoms with Gasteiger partial charge < -0.3 is 15.6 Å². The minimum atomic E-state index is -4.72. The molecule has 0 atom stereocenters. The Balaban J connectivity index is 2.35. The number of para-hydroxylation sites is 1. The summed E-state index contributed by atoms with van der Waals surface area (Å²) in [6.07, 6.45) is -2.92. The summed E-state index contributed by atoms with van der Waals surface area (Å²) in [5.74, 6) is -0.193. The van der Waals surface area contributed by atoms with Crippen LogP contribution in [0.3, 0.4) is 0 Å². The molecule has 3 N–H and O–H groups in total. The van der Waals surface area contributed by atoms with Gasteiger partial charge in [0, 0.05) is 17.5 Å². The van der Waals surface area contributed by atoms with E-state index in [-0.39, 0.29) is 12.3 Å². The molecule has 0 heterocycles. The molecule has 0 amide bonds. The smallest absolute Gasteiger partial charge is 0.405 e. The van der Waals surface area contributed by atoms with E-state index in [2.05, 4.69) is 4.74 Å². The topological polar surface area (TPSA) is 55.5 Å². The molecule has 1 aromatic rings. The van der Waals surface area contributed by atoms with Gasteiger partial charge in [-0.25, -0.2) is 0 Å². The Hall–Kier alpha value is -1.27. The monoisotopic (exact) mass is 289 g/mol. The number of halogens is 3. The van der Waals surface area contributed by atoms with Gasteiger partial charge in [-0.2, -0.15) is 0 Å². The van der Waals surface area contributed by atoms with Crippen LogP contribution in [0.1, 0.15) is 31.2 Å². The third-order valence-corrected chi connectivity index (χ3v) is 3.99. The maximum absolute atomic E-state index is 12.5. The molecule has 0 radical (unpaired) electrons. The van der Waals surface area contributed by atoms with Gasteiger partial charge in [0.15, 0.2) is 0 Å². The molecule has 3 nitrogen and oxygen atoms in total. The second-order valence-electron chi connectivity index (χ2n) is 5.26. The summed E-state index contributed by atoms with van der Waals surface area (Å²) in [6.45, 7) is 0.234. The second kappa shape index (κ2) is 5.61. The average molecular weight is 289 g/mol. The average Bonchev–Trinajstić information content (AvgIpc) is 2.39. The van der Waals surface area contributed by atoms with Crippen molar-refractivity contribution in [3.05, 3.63) is 29.8 Å². The number of alkyl halides is 3. The van der Waals surface area contributed by atoms with Crippen LogP contribution in [0, 0.1) is 0 Å². The molecule has 20 heavy (non-hydrogen) atoms. The van der Waals surface area contributed by atoms with Gasteiger partial charge >= 0.3 is 6.36 Å². The number of hydrogen-bond acceptors (Lipinski definition) is 3. The summed E-state index contributed by atoms with van der Waals surface area (Å²) < 4.78 is 41.6. The van der Waals surface area contributed by atoms with E-state index in [1.165, 1.54) is 12.1 Å². The number of aliphatic hydroxyl groups is 1. The Morgan fingerprint density at radius 2 is 1.85 bits per heavy atom. The lowest BCUT2D eigenvalue weighted by Crippen LogP contribution is -2.40. The molecule has 6 heteroatoms. The van der Waals surface area contributed by atoms with Gasteiger partial charge in [-0.05, 0) is 31.7 Å². The fourth-order valence-electron chi connectivity index (χ4n) is 2.86. The molecule has 0 aliphatic heterocycles. The lowest BCUT2D eigenvalue weighted by atomic mass is 9.68. The molecule has 0 unspecified atom stereocenters. The molecule has 1 aromatic carbocycles. The van der Waals surface area contributed by atoms with Crippen LogP contribution < -0.4 is 10.5 Å². The molecular weight excluding hydrogens is 271 g/mol. The Bertz CT molecular complexity index is 454. The second-order valence-corrected chi connectivity index (χ2v) is 5.26. The molecule has 1 aliphatic carbocycles. The first-order chi connectivity index (χ1) is 9.36. The van der Waals surface area contributed by atoms with Crippen molar-refractivity contribution in [1.29, 1.82) is 0 Å². The van der Waals surface area contributed by atoms with Gasteiger partial charge in [0.1, 0.15) is 5.75 Å². The fraction of sp³-hybridized carbons (Fsp3) is 0.571. The minimum Gasteiger partial charge on any atom is -0.405 e. The highest BCUT2D eigenvalue weighted by Crippen LogP contribution is 2.43. The molecule has 0 bridgehead atoms. The van der Waals surface area contributed by atoms with Crippen molar-refractivity contribution in [3.8, 4) is 5.75 Å². The summed E-state index contributed by atoms with van der Waals surface area (Å²) in [5, 5.41) is 9.59. The summed E-state index contributed by atoms with van der Waals surface area (Å²) in [5.41, 5.74) is 5.75. The third-order valence-electron chi connectivity index (χ3n) is 3.99. The normalized spacial score (nSPS) is 27.4. The van der Waals surface area contributed by atoms with Crippen LogP contribution in [0.4, 0.5) is 13.2 Å². The molecule has 0 aromatic heterocycles. The first kappa shape index (κ1) is 15.1. The summed E-state index contributed by atoms with van der Waals surface area (Å²) in [6, 6.07) is 6.13. The Morgan fingerprint density at radius 1 is 1.25 bits per heavy atom. The highest BCUT2D eigenvalue weighted by atomic mass is 19.4. The lowest BCUT2D eigenvalue weighted by Gasteiger charge is -2.39. The molecule has 1 saturated carbocycles. The third kappa shape index (κ3) is 3.24. The Kier molecular flexibility index (Phi) is 4.25. The molecule has 1 aliphatic rings. The first-order valence-electron chi connectivity index (χ1n) is 6.60. The predicted molar refractivity (Wildman–Crippen MR) is 68.3 cm³/mol. The molecule has 2 rings (SSSR count). The van der Waals surface area contributed by atoms with Crippen LogP contribution >= 0.6 is 0 Å². The quantitative estimate of drug-likeness (QED) is 0.899. The molecule has 112 valence electrons. The number of ether oxygens (including phenoxy) is 1. The van der Waals surface area contributed by atoms with Crippen molar-refractivity contribution in [2.75, 3.05) is 6.54 Å². The minimum absolute atomic E-state index is 0.193. The number of rotatable bonds is 3. The van der Waals surface area contributed by atoms with Crippen molar-refractivity contribution in [3.63, 3.8) is 0 Å². The van der Waals surface area contributed by atoms with Gasteiger partial charge in [0.25, 0.3) is 0 Å². The molecule has 0 saturated heterocycles. The zero-order valence-corrected chi connectivity index (χ0v) is 11.0. The SMILES string of the molecule is NCC1(c2ccccc2OC(F)(F)F)CCC(O)CC1. The van der Waals surface area contributed by atoms with Crippen molar-refractivity contribution in [2.24, 2.45) is 5.73 Å². The van der Waals surface area contributed by atoms with Gasteiger partial charge in [-0.3, -0.25) is 0 Å². The molecule has 0 spiro atoms. The maximum atomic E-state index is 12.5. The molecular formula is C14H18F3NO2. The summed E-state index contributed by atoms with van der Waals surface area (Å²) in [4.78, 5) is 0. The number of hydrogen-bond donors (Lipinski definition) is 2. The number of aliphatic hydroxyl groups excluding tert-OH is 1. The van der Waals surface area contributed by atoms with Crippen molar-refractivity contribution < 1.29 is 23.0 Å². The predicted octanol–water partition coefficient (Wildman–Crippen LogP) is 2.72. The van der Waals surface area contributed by atoms with Crippen LogP contribution in [-0.2, 0) is 5.41 Å². The highest BCUT2D eigenvalue weighted by molar-refractivity contribution is 5.40. The van der Waals surface area contributed by atoms with Crippen LogP contribution in [0.25, 0.3) is 0 Å². The van der Waals surface area contributed by atoms with Crippen molar-refractivity contribution in [2.45, 2.75) is 43.6 Å². The van der Waals surface area contributed by atoms with E-state index in [1.807, 2.05) is 0 Å². The maximum Gasteiger partial charge on any atom is 0.573 e. The van der Waals surface area contributed by atoms with Crippen molar-refractivity contribution >= 4 is 0 Å². The highest BCUT2D eigenvalue weighted by Gasteiger charge is 2.40. The van der Waals surface area contributed by atoms with Crippen LogP contribution in [0.5, 0.6) is 5.75 Å². The van der Waals surface area contributed by atoms with Gasteiger partial charge in [0.05, 0.1) is 6.10 Å². The van der Waals surface area contributed by atoms with E-state index in [0.29, 0.717) is 31.2 Å².